The molecule has 0 heterocycles. The Hall–Kier alpha value is -4.43. The molecule has 0 aromatic heterocycles. The summed E-state index contributed by atoms with van der Waals surface area (Å²) in [7, 11) is 0. The van der Waals surface area contributed by atoms with Crippen molar-refractivity contribution < 1.29 is 19.1 Å². The fourth-order valence-electron chi connectivity index (χ4n) is 4.45. The summed E-state index contributed by atoms with van der Waals surface area (Å²) in [6, 6.07) is 24.1. The van der Waals surface area contributed by atoms with E-state index in [1.54, 1.807) is 0 Å². The fourth-order valence-corrected chi connectivity index (χ4v) is 4.45. The molecule has 0 unspecified atom stereocenters. The molecule has 0 saturated heterocycles. The zero-order valence-corrected chi connectivity index (χ0v) is 21.1. The van der Waals surface area contributed by atoms with Crippen LogP contribution in [0.15, 0.2) is 78.9 Å². The van der Waals surface area contributed by atoms with E-state index in [0.717, 1.165) is 27.1 Å². The molecule has 0 aliphatic carbocycles. The maximum absolute atomic E-state index is 12.5. The van der Waals surface area contributed by atoms with Crippen LogP contribution in [0.3, 0.4) is 0 Å². The van der Waals surface area contributed by atoms with Gasteiger partial charge in [-0.25, -0.2) is 4.79 Å². The van der Waals surface area contributed by atoms with Gasteiger partial charge in [-0.3, -0.25) is 14.9 Å². The number of carbonyl (C=O) groups is 3. The van der Waals surface area contributed by atoms with Crippen molar-refractivity contribution in [1.82, 2.24) is 10.6 Å². The first kappa shape index (κ1) is 26.6. The number of hydrogen-bond donors (Lipinski definition) is 4. The number of rotatable bonds is 11. The molecule has 0 saturated carbocycles. The van der Waals surface area contributed by atoms with Crippen molar-refractivity contribution in [2.45, 2.75) is 31.7 Å². The molecule has 0 bridgehead atoms. The van der Waals surface area contributed by atoms with Crippen molar-refractivity contribution in [1.29, 1.82) is 0 Å². The Morgan fingerprint density at radius 1 is 0.816 bits per heavy atom. The number of urea groups is 1. The van der Waals surface area contributed by atoms with Crippen molar-refractivity contribution >= 4 is 39.4 Å². The molecule has 0 radical (unpaired) electrons. The van der Waals surface area contributed by atoms with Crippen LogP contribution in [-0.4, -0.2) is 37.0 Å². The molecule has 0 fully saturated rings. The first-order valence-corrected chi connectivity index (χ1v) is 12.6. The molecule has 6 N–H and O–H groups in total. The smallest absolute Gasteiger partial charge is 0.318 e. The Bertz CT molecular complexity index is 1450. The van der Waals surface area contributed by atoms with Crippen molar-refractivity contribution in [3.8, 4) is 5.75 Å². The van der Waals surface area contributed by atoms with E-state index in [0.29, 0.717) is 43.7 Å². The van der Waals surface area contributed by atoms with E-state index in [1.165, 1.54) is 0 Å². The van der Waals surface area contributed by atoms with Crippen molar-refractivity contribution in [2.24, 2.45) is 11.5 Å². The highest BCUT2D eigenvalue weighted by atomic mass is 16.5. The maximum Gasteiger partial charge on any atom is 0.318 e. The minimum Gasteiger partial charge on any atom is -0.493 e. The highest BCUT2D eigenvalue weighted by molar-refractivity contribution is 5.95. The second-order valence-electron chi connectivity index (χ2n) is 9.19. The summed E-state index contributed by atoms with van der Waals surface area (Å²) in [4.78, 5) is 35.7. The second-order valence-corrected chi connectivity index (χ2v) is 9.19. The zero-order valence-electron chi connectivity index (χ0n) is 21.1. The highest BCUT2D eigenvalue weighted by Gasteiger charge is 2.15. The Balaban J connectivity index is 1.26. The van der Waals surface area contributed by atoms with Gasteiger partial charge in [0.2, 0.25) is 11.8 Å². The molecule has 4 aromatic carbocycles. The quantitative estimate of drug-likeness (QED) is 0.228. The Labute approximate surface area is 221 Å². The Morgan fingerprint density at radius 2 is 1.50 bits per heavy atom. The van der Waals surface area contributed by atoms with Gasteiger partial charge in [0.05, 0.1) is 19.1 Å². The SMILES string of the molecule is NC(=O)NC(=O)Cc1cc2ccccc2cc1OCCCCNC(=O)[C@@H](N)Cc1cccc2ccccc12. The van der Waals surface area contributed by atoms with Crippen molar-refractivity contribution in [2.75, 3.05) is 13.2 Å². The Kier molecular flexibility index (Phi) is 8.89. The molecule has 196 valence electrons. The molecule has 0 aliphatic rings. The molecule has 8 heteroatoms. The fraction of sp³-hybridized carbons (Fsp3) is 0.233. The van der Waals surface area contributed by atoms with Crippen LogP contribution in [0.2, 0.25) is 0 Å². The molecule has 4 amide bonds. The third-order valence-corrected chi connectivity index (χ3v) is 6.33. The lowest BCUT2D eigenvalue weighted by atomic mass is 9.99. The molecule has 1 atom stereocenters. The number of benzene rings is 4. The predicted molar refractivity (Wildman–Crippen MR) is 149 cm³/mol. The van der Waals surface area contributed by atoms with Crippen LogP contribution in [-0.2, 0) is 22.4 Å². The van der Waals surface area contributed by atoms with E-state index in [2.05, 4.69) is 10.6 Å². The lowest BCUT2D eigenvalue weighted by Gasteiger charge is -2.15. The van der Waals surface area contributed by atoms with Gasteiger partial charge < -0.3 is 21.5 Å². The number of nitrogens with two attached hydrogens (primary N) is 2. The number of fused-ring (bicyclic) bond motifs is 2. The molecule has 4 rings (SSSR count). The normalized spacial score (nSPS) is 11.7. The van der Waals surface area contributed by atoms with Crippen molar-refractivity contribution in [3.05, 3.63) is 90.0 Å². The third kappa shape index (κ3) is 7.08. The summed E-state index contributed by atoms with van der Waals surface area (Å²) in [5.74, 6) is -0.110. The number of imide groups is 1. The molecule has 8 nitrogen and oxygen atoms in total. The van der Waals surface area contributed by atoms with Gasteiger partial charge in [0.1, 0.15) is 5.75 Å². The van der Waals surface area contributed by atoms with E-state index < -0.39 is 18.0 Å². The summed E-state index contributed by atoms with van der Waals surface area (Å²) in [5, 5.41) is 9.18. The van der Waals surface area contributed by atoms with E-state index in [-0.39, 0.29) is 12.3 Å². The number of carbonyl (C=O) groups excluding carboxylic acids is 3. The number of hydrogen-bond acceptors (Lipinski definition) is 5. The number of amides is 4. The average molecular weight is 513 g/mol. The van der Waals surface area contributed by atoms with Gasteiger partial charge in [0, 0.05) is 12.1 Å². The van der Waals surface area contributed by atoms with Gasteiger partial charge in [-0.1, -0.05) is 66.7 Å². The van der Waals surface area contributed by atoms with Gasteiger partial charge in [-0.2, -0.15) is 0 Å². The third-order valence-electron chi connectivity index (χ3n) is 6.33. The number of nitrogens with one attached hydrogen (secondary N) is 2. The van der Waals surface area contributed by atoms with Crippen molar-refractivity contribution in [3.63, 3.8) is 0 Å². The monoisotopic (exact) mass is 512 g/mol. The average Bonchev–Trinajstić information content (AvgIpc) is 2.90. The van der Waals surface area contributed by atoms with Crippen LogP contribution in [0.25, 0.3) is 21.5 Å². The summed E-state index contributed by atoms with van der Waals surface area (Å²) in [6.45, 7) is 0.887. The highest BCUT2D eigenvalue weighted by Crippen LogP contribution is 2.27. The number of unbranched alkanes of at least 4 members (excludes halogenated alkanes) is 1. The van der Waals surface area contributed by atoms with Gasteiger partial charge >= 0.3 is 6.03 Å². The van der Waals surface area contributed by atoms with E-state index >= 15 is 0 Å². The lowest BCUT2D eigenvalue weighted by molar-refractivity contribution is -0.122. The second kappa shape index (κ2) is 12.7. The van der Waals surface area contributed by atoms with E-state index in [4.69, 9.17) is 16.2 Å². The maximum atomic E-state index is 12.5. The van der Waals surface area contributed by atoms with E-state index in [1.807, 2.05) is 78.9 Å². The number of ether oxygens (including phenoxy) is 1. The summed E-state index contributed by atoms with van der Waals surface area (Å²) >= 11 is 0. The predicted octanol–water partition coefficient (Wildman–Crippen LogP) is 3.58. The topological polar surface area (TPSA) is 137 Å². The Morgan fingerprint density at radius 3 is 2.26 bits per heavy atom. The first-order valence-electron chi connectivity index (χ1n) is 12.6. The van der Waals surface area contributed by atoms with Crippen LogP contribution < -0.4 is 26.8 Å². The minimum atomic E-state index is -0.892. The summed E-state index contributed by atoms with van der Waals surface area (Å²) < 4.78 is 5.99. The van der Waals surface area contributed by atoms with Crippen LogP contribution in [0.5, 0.6) is 5.75 Å². The van der Waals surface area contributed by atoms with Crippen LogP contribution in [0, 0.1) is 0 Å². The lowest BCUT2D eigenvalue weighted by Crippen LogP contribution is -2.42. The molecular weight excluding hydrogens is 480 g/mol. The van der Waals surface area contributed by atoms with E-state index in [9.17, 15) is 14.4 Å². The van der Waals surface area contributed by atoms with Crippen LogP contribution in [0.1, 0.15) is 24.0 Å². The standard InChI is InChI=1S/C30H32N4O4/c31-26(17-23-12-7-11-20-8-3-4-13-25(20)23)29(36)33-14-5-6-15-38-27-18-22-10-2-1-9-21(22)16-24(27)19-28(35)34-30(32)37/h1-4,7-13,16,18,26H,5-6,14-15,17,19,31H2,(H,33,36)(H3,32,34,35,37)/t26-/m0/s1. The largest absolute Gasteiger partial charge is 0.493 e. The van der Waals surface area contributed by atoms with Gasteiger partial charge in [0.15, 0.2) is 0 Å². The number of primary amides is 1. The summed E-state index contributed by atoms with van der Waals surface area (Å²) in [6.07, 6.45) is 1.83. The first-order chi connectivity index (χ1) is 18.4. The summed E-state index contributed by atoms with van der Waals surface area (Å²) in [5.41, 5.74) is 13.0. The molecule has 0 spiro atoms. The van der Waals surface area contributed by atoms with Crippen LogP contribution in [0.4, 0.5) is 4.79 Å². The molecule has 0 aliphatic heterocycles. The minimum absolute atomic E-state index is 0.0340. The van der Waals surface area contributed by atoms with Gasteiger partial charge in [-0.15, -0.1) is 0 Å². The van der Waals surface area contributed by atoms with Gasteiger partial charge in [0.25, 0.3) is 0 Å². The molecular formula is C30H32N4O4. The zero-order chi connectivity index (χ0) is 26.9. The van der Waals surface area contributed by atoms with Crippen LogP contribution >= 0.6 is 0 Å². The van der Waals surface area contributed by atoms with Gasteiger partial charge in [-0.05, 0) is 58.5 Å². The molecule has 38 heavy (non-hydrogen) atoms. The molecule has 4 aromatic rings.